The molecule has 0 aliphatic heterocycles. The Kier molecular flexibility index (Phi) is 13.2. The lowest BCUT2D eigenvalue weighted by molar-refractivity contribution is -0.116. The zero-order valence-electron chi connectivity index (χ0n) is 27.6. The van der Waals surface area contributed by atoms with Gasteiger partial charge in [-0.2, -0.15) is 0 Å². The Morgan fingerprint density at radius 1 is 0.863 bits per heavy atom. The summed E-state index contributed by atoms with van der Waals surface area (Å²) in [5.74, 6) is -0.618. The number of aromatic hydroxyl groups is 1. The van der Waals surface area contributed by atoms with Crippen molar-refractivity contribution >= 4 is 73.0 Å². The molecule has 0 fully saturated rings. The maximum Gasteiger partial charge on any atom is 0.408 e. The summed E-state index contributed by atoms with van der Waals surface area (Å²) in [6.45, 7) is 5.38. The minimum Gasteiger partial charge on any atom is -0.493 e. The molecule has 0 saturated carbocycles. The minimum atomic E-state index is -1.23. The standard InChI is InChI=1S/C20H20BrN3O3.C16H14BrN3O4/c1-20(2,3)27-19(26)24-17(12-7-5-4-6-8-12)14-10-15-16(23-18(14)25)9-13(21)11-22-15;17-11-6-13(14(9-21)18-8-11)19-15(22)7-12(20-16(23)24)10-4-2-1-3-5-10/h4-11,17H,1-3H3,(H,23,25)(H,24,26);1-6,8-9,12,20H,7H2,(H,19,22)(H,23,24)/t17-;12-/m10/s1. The van der Waals surface area contributed by atoms with Crippen molar-refractivity contribution in [2.75, 3.05) is 5.32 Å². The van der Waals surface area contributed by atoms with Crippen molar-refractivity contribution in [3.63, 3.8) is 0 Å². The number of aldehydes is 1. The van der Waals surface area contributed by atoms with E-state index in [1.807, 2.05) is 30.3 Å². The highest BCUT2D eigenvalue weighted by atomic mass is 79.9. The fourth-order valence-corrected chi connectivity index (χ4v) is 5.42. The number of hydrogen-bond acceptors (Lipinski definition) is 9. The van der Waals surface area contributed by atoms with Gasteiger partial charge in [0.15, 0.2) is 6.29 Å². The van der Waals surface area contributed by atoms with Crippen molar-refractivity contribution < 1.29 is 34.1 Å². The molecule has 5 rings (SSSR count). The van der Waals surface area contributed by atoms with Crippen LogP contribution >= 0.6 is 31.9 Å². The first kappa shape index (κ1) is 38.4. The molecular formula is C36H34Br2N6O7. The second-order valence-electron chi connectivity index (χ2n) is 12.0. The lowest BCUT2D eigenvalue weighted by atomic mass is 9.99. The van der Waals surface area contributed by atoms with E-state index in [1.54, 1.807) is 75.5 Å². The molecule has 0 aliphatic rings. The van der Waals surface area contributed by atoms with Gasteiger partial charge < -0.3 is 30.9 Å². The number of alkyl carbamates (subject to hydrolysis) is 1. The number of ether oxygens (including phenoxy) is 1. The molecule has 3 aromatic heterocycles. The lowest BCUT2D eigenvalue weighted by Gasteiger charge is -2.24. The van der Waals surface area contributed by atoms with Crippen LogP contribution in [0.15, 0.2) is 100 Å². The summed E-state index contributed by atoms with van der Waals surface area (Å²) in [5.41, 5.74) is 2.76. The first-order valence-electron chi connectivity index (χ1n) is 15.4. The third-order valence-electron chi connectivity index (χ3n) is 6.91. The van der Waals surface area contributed by atoms with Gasteiger partial charge in [0.2, 0.25) is 11.8 Å². The van der Waals surface area contributed by atoms with Crippen LogP contribution < -0.4 is 16.0 Å². The minimum absolute atomic E-state index is 0.0917. The molecule has 0 radical (unpaired) electrons. The molecule has 5 aromatic rings. The zero-order valence-corrected chi connectivity index (χ0v) is 30.8. The molecule has 2 atom stereocenters. The van der Waals surface area contributed by atoms with Crippen LogP contribution in [0.3, 0.4) is 0 Å². The quantitative estimate of drug-likeness (QED) is 0.0920. The molecule has 15 heteroatoms. The highest BCUT2D eigenvalue weighted by Gasteiger charge is 2.25. The van der Waals surface area contributed by atoms with E-state index in [9.17, 15) is 24.3 Å². The number of aromatic nitrogens is 3. The van der Waals surface area contributed by atoms with Crippen LogP contribution in [0, 0.1) is 0 Å². The zero-order chi connectivity index (χ0) is 37.1. The molecular weight excluding hydrogens is 788 g/mol. The highest BCUT2D eigenvalue weighted by Crippen LogP contribution is 2.31. The molecule has 51 heavy (non-hydrogen) atoms. The van der Waals surface area contributed by atoms with E-state index in [0.717, 1.165) is 10.0 Å². The fraction of sp³-hybridized carbons (Fsp3) is 0.194. The smallest absolute Gasteiger partial charge is 0.408 e. The van der Waals surface area contributed by atoms with Crippen LogP contribution in [0.4, 0.5) is 15.3 Å². The van der Waals surface area contributed by atoms with Crippen molar-refractivity contribution in [3.05, 3.63) is 123 Å². The van der Waals surface area contributed by atoms with E-state index in [0.29, 0.717) is 32.9 Å². The Morgan fingerprint density at radius 3 is 2.08 bits per heavy atom. The van der Waals surface area contributed by atoms with Crippen molar-refractivity contribution in [1.29, 1.82) is 0 Å². The predicted octanol–water partition coefficient (Wildman–Crippen LogP) is 7.71. The summed E-state index contributed by atoms with van der Waals surface area (Å²) in [5, 5.41) is 27.2. The van der Waals surface area contributed by atoms with Gasteiger partial charge in [0.1, 0.15) is 11.3 Å². The van der Waals surface area contributed by atoms with Gasteiger partial charge >= 0.3 is 12.2 Å². The summed E-state index contributed by atoms with van der Waals surface area (Å²) >= 11 is 6.56. The Balaban J connectivity index is 0.000000230. The largest absolute Gasteiger partial charge is 0.493 e. The fourth-order valence-electron chi connectivity index (χ4n) is 4.77. The van der Waals surface area contributed by atoms with Crippen LogP contribution in [0.1, 0.15) is 66.5 Å². The van der Waals surface area contributed by atoms with Crippen LogP contribution in [0.2, 0.25) is 0 Å². The number of fused-ring (bicyclic) bond motifs is 1. The monoisotopic (exact) mass is 820 g/mol. The van der Waals surface area contributed by atoms with Crippen molar-refractivity contribution in [2.24, 2.45) is 0 Å². The Labute approximate surface area is 310 Å². The number of carbonyl (C=O) groups is 4. The van der Waals surface area contributed by atoms with Crippen LogP contribution in [0.5, 0.6) is 5.88 Å². The highest BCUT2D eigenvalue weighted by molar-refractivity contribution is 9.10. The number of rotatable bonds is 9. The van der Waals surface area contributed by atoms with Gasteiger partial charge in [-0.3, -0.25) is 19.6 Å². The van der Waals surface area contributed by atoms with Crippen molar-refractivity contribution in [1.82, 2.24) is 25.6 Å². The lowest BCUT2D eigenvalue weighted by Crippen LogP contribution is -2.35. The van der Waals surface area contributed by atoms with Crippen LogP contribution in [-0.2, 0) is 9.53 Å². The third kappa shape index (κ3) is 11.6. The van der Waals surface area contributed by atoms with Gasteiger partial charge in [0.25, 0.3) is 0 Å². The molecule has 0 spiro atoms. The maximum atomic E-state index is 12.4. The summed E-state index contributed by atoms with van der Waals surface area (Å²) < 4.78 is 6.75. The van der Waals surface area contributed by atoms with Crippen molar-refractivity contribution in [2.45, 2.75) is 44.9 Å². The number of carbonyl (C=O) groups excluding carboxylic acids is 3. The Hall–Kier alpha value is -5.41. The molecule has 3 amide bonds. The first-order chi connectivity index (χ1) is 24.2. The average molecular weight is 823 g/mol. The Bertz CT molecular complexity index is 2010. The molecule has 0 aliphatic carbocycles. The maximum absolute atomic E-state index is 12.4. The summed E-state index contributed by atoms with van der Waals surface area (Å²) in [6.07, 6.45) is 1.70. The van der Waals surface area contributed by atoms with Gasteiger partial charge in [0, 0.05) is 26.9 Å². The van der Waals surface area contributed by atoms with E-state index in [4.69, 9.17) is 9.84 Å². The molecule has 0 unspecified atom stereocenters. The van der Waals surface area contributed by atoms with Gasteiger partial charge in [-0.15, -0.1) is 0 Å². The molecule has 5 N–H and O–H groups in total. The van der Waals surface area contributed by atoms with E-state index in [-0.39, 0.29) is 23.7 Å². The SMILES string of the molecule is CC(C)(C)OC(=O)N[C@H](c1ccccc1)c1cc2ncc(Br)cc2nc1O.O=Cc1ncc(Br)cc1NC(=O)C[C@H](NC(=O)O)c1ccccc1. The molecule has 13 nitrogen and oxygen atoms in total. The van der Waals surface area contributed by atoms with Crippen molar-refractivity contribution in [3.8, 4) is 5.88 Å². The summed E-state index contributed by atoms with van der Waals surface area (Å²) in [7, 11) is 0. The van der Waals surface area contributed by atoms with E-state index < -0.39 is 35.8 Å². The van der Waals surface area contributed by atoms with Gasteiger partial charge in [-0.05, 0) is 82.0 Å². The predicted molar refractivity (Wildman–Crippen MR) is 197 cm³/mol. The Morgan fingerprint density at radius 2 is 1.47 bits per heavy atom. The topological polar surface area (TPSA) is 193 Å². The summed E-state index contributed by atoms with van der Waals surface area (Å²) in [6, 6.07) is 21.8. The molecule has 264 valence electrons. The number of benzene rings is 2. The number of hydrogen-bond donors (Lipinski definition) is 5. The first-order valence-corrected chi connectivity index (χ1v) is 17.0. The average Bonchev–Trinajstić information content (AvgIpc) is 3.07. The normalized spacial score (nSPS) is 12.0. The number of pyridine rings is 3. The van der Waals surface area contributed by atoms with Gasteiger partial charge in [-0.1, -0.05) is 60.7 Å². The third-order valence-corrected chi connectivity index (χ3v) is 7.77. The van der Waals surface area contributed by atoms with Crippen LogP contribution in [0.25, 0.3) is 11.0 Å². The molecule has 0 bridgehead atoms. The number of halogens is 2. The number of nitrogens with one attached hydrogen (secondary N) is 3. The van der Waals surface area contributed by atoms with Gasteiger partial charge in [-0.25, -0.2) is 14.6 Å². The number of amides is 3. The number of carboxylic acid groups (broad SMARTS) is 1. The molecule has 0 saturated heterocycles. The second-order valence-corrected chi connectivity index (χ2v) is 13.8. The number of nitrogens with zero attached hydrogens (tertiary/aromatic N) is 3. The molecule has 3 heterocycles. The van der Waals surface area contributed by atoms with Gasteiger partial charge in [0.05, 0.1) is 35.2 Å². The van der Waals surface area contributed by atoms with E-state index >= 15 is 0 Å². The summed E-state index contributed by atoms with van der Waals surface area (Å²) in [4.78, 5) is 59.0. The van der Waals surface area contributed by atoms with Crippen LogP contribution in [-0.4, -0.2) is 55.1 Å². The number of anilines is 1. The van der Waals surface area contributed by atoms with E-state index in [2.05, 4.69) is 62.8 Å². The second kappa shape index (κ2) is 17.5. The van der Waals surface area contributed by atoms with E-state index in [1.165, 1.54) is 6.20 Å². The molecule has 2 aromatic carbocycles.